The second kappa shape index (κ2) is 6.81. The Kier molecular flexibility index (Phi) is 5.58. The zero-order chi connectivity index (χ0) is 17.0. The minimum Gasteiger partial charge on any atom is -0.474 e. The lowest BCUT2D eigenvalue weighted by molar-refractivity contribution is -0.170. The fourth-order valence-electron chi connectivity index (χ4n) is 1.62. The van der Waals surface area contributed by atoms with Crippen LogP contribution in [0.5, 0.6) is 5.75 Å². The van der Waals surface area contributed by atoms with Crippen LogP contribution in [0.4, 0.5) is 5.69 Å². The third kappa shape index (κ3) is 5.39. The highest BCUT2D eigenvalue weighted by atomic mass is 16.6. The standard InChI is InChI=1S/C17H25NO4/c1-7-14(19)18-12-10-8-9-11-13(12)21-17(5,6)15(20)22-16(2,3)4/h8-11H,7H2,1-6H3,(H,18,19). The molecule has 0 aromatic heterocycles. The van der Waals surface area contributed by atoms with Crippen LogP contribution in [0.25, 0.3) is 0 Å². The summed E-state index contributed by atoms with van der Waals surface area (Å²) in [5.74, 6) is -0.150. The third-order valence-electron chi connectivity index (χ3n) is 2.74. The molecule has 1 amide bonds. The Morgan fingerprint density at radius 3 is 2.23 bits per heavy atom. The molecule has 0 aliphatic carbocycles. The van der Waals surface area contributed by atoms with E-state index in [1.165, 1.54) is 0 Å². The van der Waals surface area contributed by atoms with Gasteiger partial charge in [-0.1, -0.05) is 19.1 Å². The van der Waals surface area contributed by atoms with Crippen molar-refractivity contribution in [3.8, 4) is 5.75 Å². The largest absolute Gasteiger partial charge is 0.474 e. The maximum Gasteiger partial charge on any atom is 0.350 e. The summed E-state index contributed by atoms with van der Waals surface area (Å²) < 4.78 is 11.2. The minimum atomic E-state index is -1.17. The van der Waals surface area contributed by atoms with Crippen LogP contribution in [0, 0.1) is 0 Å². The fourth-order valence-corrected chi connectivity index (χ4v) is 1.62. The summed E-state index contributed by atoms with van der Waals surface area (Å²) in [7, 11) is 0. The van der Waals surface area contributed by atoms with E-state index in [0.29, 0.717) is 17.9 Å². The number of esters is 1. The Hall–Kier alpha value is -2.04. The first-order valence-corrected chi connectivity index (χ1v) is 7.36. The van der Waals surface area contributed by atoms with Gasteiger partial charge in [-0.05, 0) is 46.8 Å². The highest BCUT2D eigenvalue weighted by molar-refractivity contribution is 5.92. The number of carbonyl (C=O) groups is 2. The average molecular weight is 307 g/mol. The number of benzene rings is 1. The van der Waals surface area contributed by atoms with Gasteiger partial charge in [-0.25, -0.2) is 4.79 Å². The van der Waals surface area contributed by atoms with Crippen molar-refractivity contribution >= 4 is 17.6 Å². The normalized spacial score (nSPS) is 11.7. The van der Waals surface area contributed by atoms with Gasteiger partial charge in [-0.2, -0.15) is 0 Å². The number of para-hydroxylation sites is 2. The molecule has 1 rings (SSSR count). The molecule has 0 saturated carbocycles. The van der Waals surface area contributed by atoms with Crippen molar-refractivity contribution in [1.82, 2.24) is 0 Å². The van der Waals surface area contributed by atoms with Gasteiger partial charge in [0.05, 0.1) is 5.69 Å². The lowest BCUT2D eigenvalue weighted by Crippen LogP contribution is -2.43. The van der Waals surface area contributed by atoms with Crippen LogP contribution in [0.15, 0.2) is 24.3 Å². The summed E-state index contributed by atoms with van der Waals surface area (Å²) in [5, 5.41) is 2.75. The summed E-state index contributed by atoms with van der Waals surface area (Å²) in [4.78, 5) is 23.8. The van der Waals surface area contributed by atoms with E-state index in [4.69, 9.17) is 9.47 Å². The molecular weight excluding hydrogens is 282 g/mol. The van der Waals surface area contributed by atoms with Crippen LogP contribution in [-0.4, -0.2) is 23.1 Å². The summed E-state index contributed by atoms with van der Waals surface area (Å²) in [6, 6.07) is 7.01. The number of ether oxygens (including phenoxy) is 2. The maximum absolute atomic E-state index is 12.2. The molecule has 22 heavy (non-hydrogen) atoms. The number of amides is 1. The molecule has 0 saturated heterocycles. The first kappa shape index (κ1) is 18.0. The smallest absolute Gasteiger partial charge is 0.350 e. The molecule has 1 N–H and O–H groups in total. The average Bonchev–Trinajstić information content (AvgIpc) is 2.38. The summed E-state index contributed by atoms with van der Waals surface area (Å²) in [5.41, 5.74) is -1.22. The van der Waals surface area contributed by atoms with E-state index in [0.717, 1.165) is 0 Å². The molecule has 0 aliphatic rings. The fraction of sp³-hybridized carbons (Fsp3) is 0.529. The molecule has 0 heterocycles. The molecule has 0 bridgehead atoms. The van der Waals surface area contributed by atoms with Crippen LogP contribution < -0.4 is 10.1 Å². The number of hydrogen-bond donors (Lipinski definition) is 1. The molecule has 5 nitrogen and oxygen atoms in total. The molecule has 1 aromatic carbocycles. The second-order valence-electron chi connectivity index (χ2n) is 6.51. The van der Waals surface area contributed by atoms with Gasteiger partial charge in [0.1, 0.15) is 11.4 Å². The summed E-state index contributed by atoms with van der Waals surface area (Å²) in [6.45, 7) is 10.5. The highest BCUT2D eigenvalue weighted by Crippen LogP contribution is 2.29. The molecule has 122 valence electrons. The molecule has 0 aliphatic heterocycles. The van der Waals surface area contributed by atoms with Gasteiger partial charge in [0.15, 0.2) is 5.60 Å². The van der Waals surface area contributed by atoms with Gasteiger partial charge in [-0.15, -0.1) is 0 Å². The van der Waals surface area contributed by atoms with E-state index < -0.39 is 17.2 Å². The topological polar surface area (TPSA) is 64.6 Å². The molecule has 0 radical (unpaired) electrons. The van der Waals surface area contributed by atoms with Crippen molar-refractivity contribution in [2.75, 3.05) is 5.32 Å². The van der Waals surface area contributed by atoms with Gasteiger partial charge in [0.2, 0.25) is 5.91 Å². The van der Waals surface area contributed by atoms with Crippen LogP contribution in [-0.2, 0) is 14.3 Å². The van der Waals surface area contributed by atoms with Crippen molar-refractivity contribution in [3.63, 3.8) is 0 Å². The van der Waals surface area contributed by atoms with Crippen molar-refractivity contribution in [1.29, 1.82) is 0 Å². The molecule has 0 spiro atoms. The summed E-state index contributed by atoms with van der Waals surface area (Å²) >= 11 is 0. The van der Waals surface area contributed by atoms with Crippen LogP contribution in [0.1, 0.15) is 48.0 Å². The van der Waals surface area contributed by atoms with Crippen molar-refractivity contribution in [2.24, 2.45) is 0 Å². The Bertz CT molecular complexity index is 544. The van der Waals surface area contributed by atoms with E-state index in [2.05, 4.69) is 5.32 Å². The van der Waals surface area contributed by atoms with E-state index >= 15 is 0 Å². The van der Waals surface area contributed by atoms with Gasteiger partial charge < -0.3 is 14.8 Å². The van der Waals surface area contributed by atoms with Crippen molar-refractivity contribution < 1.29 is 19.1 Å². The number of carbonyl (C=O) groups excluding carboxylic acids is 2. The van der Waals surface area contributed by atoms with Crippen LogP contribution >= 0.6 is 0 Å². The third-order valence-corrected chi connectivity index (χ3v) is 2.74. The number of anilines is 1. The zero-order valence-electron chi connectivity index (χ0n) is 14.1. The Labute approximate surface area is 132 Å². The van der Waals surface area contributed by atoms with Crippen molar-refractivity contribution in [2.45, 2.75) is 59.2 Å². The van der Waals surface area contributed by atoms with Gasteiger partial charge in [0.25, 0.3) is 0 Å². The Morgan fingerprint density at radius 1 is 1.09 bits per heavy atom. The molecule has 1 aromatic rings. The predicted octanol–water partition coefficient (Wildman–Crippen LogP) is 3.53. The van der Waals surface area contributed by atoms with Crippen LogP contribution in [0.3, 0.4) is 0 Å². The van der Waals surface area contributed by atoms with Crippen LogP contribution in [0.2, 0.25) is 0 Å². The van der Waals surface area contributed by atoms with E-state index in [1.54, 1.807) is 65.8 Å². The molecule has 5 heteroatoms. The Balaban J connectivity index is 2.93. The quantitative estimate of drug-likeness (QED) is 0.845. The lowest BCUT2D eigenvalue weighted by Gasteiger charge is -2.29. The number of hydrogen-bond acceptors (Lipinski definition) is 4. The highest BCUT2D eigenvalue weighted by Gasteiger charge is 2.35. The lowest BCUT2D eigenvalue weighted by atomic mass is 10.1. The van der Waals surface area contributed by atoms with Crippen molar-refractivity contribution in [3.05, 3.63) is 24.3 Å². The summed E-state index contributed by atoms with van der Waals surface area (Å²) in [6.07, 6.45) is 0.365. The molecule has 0 atom stereocenters. The van der Waals surface area contributed by atoms with Gasteiger partial charge in [0, 0.05) is 6.42 Å². The van der Waals surface area contributed by atoms with E-state index in [-0.39, 0.29) is 5.91 Å². The van der Waals surface area contributed by atoms with E-state index in [1.807, 2.05) is 0 Å². The maximum atomic E-state index is 12.2. The van der Waals surface area contributed by atoms with Gasteiger partial charge in [-0.3, -0.25) is 4.79 Å². The first-order valence-electron chi connectivity index (χ1n) is 7.36. The molecular formula is C17H25NO4. The SMILES string of the molecule is CCC(=O)Nc1ccccc1OC(C)(C)C(=O)OC(C)(C)C. The molecule has 0 unspecified atom stereocenters. The number of nitrogens with one attached hydrogen (secondary N) is 1. The van der Waals surface area contributed by atoms with Gasteiger partial charge >= 0.3 is 5.97 Å². The zero-order valence-corrected chi connectivity index (χ0v) is 14.1. The Morgan fingerprint density at radius 2 is 1.68 bits per heavy atom. The van der Waals surface area contributed by atoms with E-state index in [9.17, 15) is 9.59 Å². The monoisotopic (exact) mass is 307 g/mol. The molecule has 0 fully saturated rings. The number of rotatable bonds is 5. The predicted molar refractivity (Wildman–Crippen MR) is 85.9 cm³/mol. The first-order chi connectivity index (χ1) is 10.0. The second-order valence-corrected chi connectivity index (χ2v) is 6.51. The minimum absolute atomic E-state index is 0.119.